The van der Waals surface area contributed by atoms with Crippen LogP contribution in [0.4, 0.5) is 0 Å². The van der Waals surface area contributed by atoms with Gasteiger partial charge in [-0.1, -0.05) is 12.2 Å². The smallest absolute Gasteiger partial charge is 0.0807 e. The van der Waals surface area contributed by atoms with Crippen LogP contribution < -0.4 is 0 Å². The molecule has 2 heteroatoms. The van der Waals surface area contributed by atoms with Crippen LogP contribution in [0.1, 0.15) is 13.3 Å². The van der Waals surface area contributed by atoms with E-state index in [1.165, 1.54) is 0 Å². The number of allylic oxidation sites excluding steroid dienone is 1. The lowest BCUT2D eigenvalue weighted by Crippen LogP contribution is -2.12. The van der Waals surface area contributed by atoms with Gasteiger partial charge in [0.1, 0.15) is 0 Å². The first-order valence-electron chi connectivity index (χ1n) is 3.09. The Morgan fingerprint density at radius 2 is 2.33 bits per heavy atom. The Morgan fingerprint density at radius 1 is 1.67 bits per heavy atom. The van der Waals surface area contributed by atoms with Gasteiger partial charge in [-0.3, -0.25) is 0 Å². The lowest BCUT2D eigenvalue weighted by molar-refractivity contribution is 0.0667. The van der Waals surface area contributed by atoms with Gasteiger partial charge in [-0.15, -0.1) is 0 Å². The second kappa shape index (κ2) is 5.79. The van der Waals surface area contributed by atoms with Crippen LogP contribution in [-0.2, 0) is 4.74 Å². The van der Waals surface area contributed by atoms with Gasteiger partial charge in [-0.25, -0.2) is 0 Å². The Bertz CT molecular complexity index is 79.0. The average molecular weight is 130 g/mol. The molecular weight excluding hydrogens is 116 g/mol. The maximum absolute atomic E-state index is 9.00. The predicted molar refractivity (Wildman–Crippen MR) is 37.3 cm³/mol. The molecule has 0 saturated carbocycles. The van der Waals surface area contributed by atoms with Gasteiger partial charge in [-0.05, 0) is 13.3 Å². The van der Waals surface area contributed by atoms with Crippen molar-refractivity contribution in [2.45, 2.75) is 19.4 Å². The number of methoxy groups -OCH3 is 1. The summed E-state index contributed by atoms with van der Waals surface area (Å²) in [5.74, 6) is 0. The van der Waals surface area contributed by atoms with Crippen LogP contribution >= 0.6 is 0 Å². The van der Waals surface area contributed by atoms with E-state index in [4.69, 9.17) is 9.84 Å². The lowest BCUT2D eigenvalue weighted by Gasteiger charge is -2.03. The summed E-state index contributed by atoms with van der Waals surface area (Å²) < 4.78 is 4.72. The van der Waals surface area contributed by atoms with Crippen LogP contribution in [0.2, 0.25) is 0 Å². The van der Waals surface area contributed by atoms with E-state index in [-0.39, 0.29) is 6.10 Å². The molecule has 0 bridgehead atoms. The van der Waals surface area contributed by atoms with Crippen LogP contribution in [0.25, 0.3) is 0 Å². The quantitative estimate of drug-likeness (QED) is 0.574. The molecule has 54 valence electrons. The van der Waals surface area contributed by atoms with Crippen molar-refractivity contribution in [3.63, 3.8) is 0 Å². The molecule has 9 heavy (non-hydrogen) atoms. The molecule has 0 heterocycles. The minimum Gasteiger partial charge on any atom is -0.390 e. The Morgan fingerprint density at radius 3 is 2.78 bits per heavy atom. The highest BCUT2D eigenvalue weighted by molar-refractivity contribution is 4.79. The van der Waals surface area contributed by atoms with Gasteiger partial charge in [0.2, 0.25) is 0 Å². The molecule has 1 N–H and O–H groups in total. The zero-order chi connectivity index (χ0) is 7.11. The van der Waals surface area contributed by atoms with Crippen molar-refractivity contribution in [2.24, 2.45) is 0 Å². The maximum Gasteiger partial charge on any atom is 0.0807 e. The van der Waals surface area contributed by atoms with Crippen molar-refractivity contribution < 1.29 is 9.84 Å². The van der Waals surface area contributed by atoms with Crippen molar-refractivity contribution >= 4 is 0 Å². The van der Waals surface area contributed by atoms with Gasteiger partial charge in [0.05, 0.1) is 12.7 Å². The third-order valence-corrected chi connectivity index (χ3v) is 1.00. The molecular formula is C7H14O2. The minimum absolute atomic E-state index is 0.341. The number of ether oxygens (including phenoxy) is 1. The first kappa shape index (κ1) is 8.66. The minimum atomic E-state index is -0.341. The molecule has 0 amide bonds. The fourth-order valence-electron chi connectivity index (χ4n) is 0.554. The summed E-state index contributed by atoms with van der Waals surface area (Å²) in [5.41, 5.74) is 0. The first-order chi connectivity index (χ1) is 4.31. The number of rotatable bonds is 4. The molecule has 1 atom stereocenters. The summed E-state index contributed by atoms with van der Waals surface area (Å²) in [7, 11) is 1.58. The Hall–Kier alpha value is -0.340. The van der Waals surface area contributed by atoms with Crippen LogP contribution in [0, 0.1) is 0 Å². The predicted octanol–water partition coefficient (Wildman–Crippen LogP) is 0.960. The SMILES string of the molecule is C/C=C/CC(O)COC. The molecule has 0 saturated heterocycles. The van der Waals surface area contributed by atoms with Crippen LogP contribution in [0.5, 0.6) is 0 Å². The van der Waals surface area contributed by atoms with E-state index in [0.29, 0.717) is 13.0 Å². The monoisotopic (exact) mass is 130 g/mol. The standard InChI is InChI=1S/C7H14O2/c1-3-4-5-7(8)6-9-2/h3-4,7-8H,5-6H2,1-2H3/b4-3+. The number of hydrogen-bond donors (Lipinski definition) is 1. The molecule has 0 aliphatic carbocycles. The van der Waals surface area contributed by atoms with E-state index in [2.05, 4.69) is 0 Å². The van der Waals surface area contributed by atoms with E-state index < -0.39 is 0 Å². The molecule has 0 aliphatic rings. The second-order valence-electron chi connectivity index (χ2n) is 1.91. The molecule has 0 aromatic carbocycles. The normalized spacial score (nSPS) is 14.6. The van der Waals surface area contributed by atoms with Gasteiger partial charge < -0.3 is 9.84 Å². The zero-order valence-electron chi connectivity index (χ0n) is 6.00. The van der Waals surface area contributed by atoms with Crippen molar-refractivity contribution in [3.05, 3.63) is 12.2 Å². The van der Waals surface area contributed by atoms with E-state index in [9.17, 15) is 0 Å². The van der Waals surface area contributed by atoms with E-state index in [1.807, 2.05) is 19.1 Å². The van der Waals surface area contributed by atoms with E-state index in [0.717, 1.165) is 0 Å². The summed E-state index contributed by atoms with van der Waals surface area (Å²) in [4.78, 5) is 0. The molecule has 0 radical (unpaired) electrons. The molecule has 0 spiro atoms. The number of aliphatic hydroxyl groups excluding tert-OH is 1. The molecule has 2 nitrogen and oxygen atoms in total. The Kier molecular flexibility index (Phi) is 5.57. The maximum atomic E-state index is 9.00. The van der Waals surface area contributed by atoms with Crippen molar-refractivity contribution in [1.82, 2.24) is 0 Å². The van der Waals surface area contributed by atoms with Gasteiger partial charge in [0.25, 0.3) is 0 Å². The topological polar surface area (TPSA) is 29.5 Å². The third kappa shape index (κ3) is 5.53. The van der Waals surface area contributed by atoms with Crippen LogP contribution in [0.3, 0.4) is 0 Å². The number of hydrogen-bond acceptors (Lipinski definition) is 2. The molecule has 0 fully saturated rings. The highest BCUT2D eigenvalue weighted by Crippen LogP contribution is 1.92. The van der Waals surface area contributed by atoms with Crippen LogP contribution in [0.15, 0.2) is 12.2 Å². The number of aliphatic hydroxyl groups is 1. The van der Waals surface area contributed by atoms with Gasteiger partial charge >= 0.3 is 0 Å². The highest BCUT2D eigenvalue weighted by atomic mass is 16.5. The van der Waals surface area contributed by atoms with Crippen molar-refractivity contribution in [1.29, 1.82) is 0 Å². The lowest BCUT2D eigenvalue weighted by atomic mass is 10.2. The largest absolute Gasteiger partial charge is 0.390 e. The fourth-order valence-corrected chi connectivity index (χ4v) is 0.554. The molecule has 1 unspecified atom stereocenters. The van der Waals surface area contributed by atoms with Gasteiger partial charge in [-0.2, -0.15) is 0 Å². The van der Waals surface area contributed by atoms with Gasteiger partial charge in [0, 0.05) is 7.11 Å². The van der Waals surface area contributed by atoms with Crippen molar-refractivity contribution in [3.8, 4) is 0 Å². The second-order valence-corrected chi connectivity index (χ2v) is 1.91. The van der Waals surface area contributed by atoms with E-state index in [1.54, 1.807) is 7.11 Å². The fraction of sp³-hybridized carbons (Fsp3) is 0.714. The van der Waals surface area contributed by atoms with E-state index >= 15 is 0 Å². The zero-order valence-corrected chi connectivity index (χ0v) is 6.00. The highest BCUT2D eigenvalue weighted by Gasteiger charge is 1.97. The Labute approximate surface area is 56.1 Å². The molecule has 0 aliphatic heterocycles. The molecule has 0 aromatic rings. The summed E-state index contributed by atoms with van der Waals surface area (Å²) in [5, 5.41) is 9.00. The van der Waals surface area contributed by atoms with Crippen molar-refractivity contribution in [2.75, 3.05) is 13.7 Å². The Balaban J connectivity index is 3.15. The average Bonchev–Trinajstić information content (AvgIpc) is 1.85. The summed E-state index contributed by atoms with van der Waals surface area (Å²) >= 11 is 0. The first-order valence-corrected chi connectivity index (χ1v) is 3.09. The third-order valence-electron chi connectivity index (χ3n) is 1.00. The molecule has 0 rings (SSSR count). The summed E-state index contributed by atoms with van der Waals surface area (Å²) in [6.07, 6.45) is 4.18. The summed E-state index contributed by atoms with van der Waals surface area (Å²) in [6.45, 7) is 2.35. The van der Waals surface area contributed by atoms with Gasteiger partial charge in [0.15, 0.2) is 0 Å². The summed E-state index contributed by atoms with van der Waals surface area (Å²) in [6, 6.07) is 0. The molecule has 0 aromatic heterocycles. The van der Waals surface area contributed by atoms with Crippen LogP contribution in [-0.4, -0.2) is 24.9 Å².